The van der Waals surface area contributed by atoms with Gasteiger partial charge in [0.25, 0.3) is 0 Å². The molecule has 2 aromatic rings. The number of benzene rings is 2. The predicted octanol–water partition coefficient (Wildman–Crippen LogP) is 3.61. The molecule has 0 spiro atoms. The number of thioether (sulfide) groups is 1. The molecule has 0 fully saturated rings. The minimum Gasteiger partial charge on any atom is -0.508 e. The lowest BCUT2D eigenvalue weighted by Crippen LogP contribution is -2.18. The summed E-state index contributed by atoms with van der Waals surface area (Å²) in [6.07, 6.45) is 0. The van der Waals surface area contributed by atoms with Crippen LogP contribution >= 0.6 is 11.8 Å². The summed E-state index contributed by atoms with van der Waals surface area (Å²) in [5.74, 6) is 0.777. The minimum absolute atomic E-state index is 0.0382. The van der Waals surface area contributed by atoms with Crippen LogP contribution in [0.2, 0.25) is 0 Å². The van der Waals surface area contributed by atoms with E-state index in [-0.39, 0.29) is 17.7 Å². The van der Waals surface area contributed by atoms with Crippen molar-refractivity contribution in [3.8, 4) is 5.75 Å². The van der Waals surface area contributed by atoms with E-state index in [9.17, 15) is 9.90 Å². The van der Waals surface area contributed by atoms with Crippen molar-refractivity contribution in [1.82, 2.24) is 0 Å². The van der Waals surface area contributed by atoms with Crippen LogP contribution in [0.5, 0.6) is 5.75 Å². The zero-order valence-electron chi connectivity index (χ0n) is 11.6. The average molecular weight is 300 g/mol. The molecule has 0 aromatic heterocycles. The fourth-order valence-corrected chi connectivity index (χ4v) is 3.06. The molecule has 5 heteroatoms. The molecule has 0 bridgehead atoms. The quantitative estimate of drug-likeness (QED) is 0.810. The lowest BCUT2D eigenvalue weighted by atomic mass is 10.1. The van der Waals surface area contributed by atoms with Gasteiger partial charge in [0.05, 0.1) is 11.4 Å². The van der Waals surface area contributed by atoms with E-state index in [1.165, 1.54) is 0 Å². The Morgan fingerprint density at radius 2 is 2.00 bits per heavy atom. The Bertz CT molecular complexity index is 670. The second-order valence-corrected chi connectivity index (χ2v) is 6.02. The Kier molecular flexibility index (Phi) is 3.75. The average Bonchev–Trinajstić information content (AvgIpc) is 2.47. The highest BCUT2D eigenvalue weighted by atomic mass is 32.2. The number of nitrogens with one attached hydrogen (secondary N) is 2. The molecule has 0 radical (unpaired) electrons. The van der Waals surface area contributed by atoms with Crippen LogP contribution in [-0.4, -0.2) is 16.8 Å². The van der Waals surface area contributed by atoms with Gasteiger partial charge < -0.3 is 15.7 Å². The van der Waals surface area contributed by atoms with E-state index in [2.05, 4.69) is 17.6 Å². The van der Waals surface area contributed by atoms with Crippen LogP contribution < -0.4 is 10.6 Å². The number of carbonyl (C=O) groups excluding carboxylic acids is 1. The highest BCUT2D eigenvalue weighted by molar-refractivity contribution is 8.00. The number of phenolic OH excluding ortho intramolecular Hbond substituents is 1. The summed E-state index contributed by atoms with van der Waals surface area (Å²) in [4.78, 5) is 12.5. The largest absolute Gasteiger partial charge is 0.508 e. The Labute approximate surface area is 127 Å². The van der Waals surface area contributed by atoms with E-state index >= 15 is 0 Å². The van der Waals surface area contributed by atoms with E-state index in [1.807, 2.05) is 30.3 Å². The molecule has 1 heterocycles. The molecule has 1 unspecified atom stereocenters. The Morgan fingerprint density at radius 3 is 2.76 bits per heavy atom. The van der Waals surface area contributed by atoms with Crippen molar-refractivity contribution in [1.29, 1.82) is 0 Å². The van der Waals surface area contributed by atoms with Gasteiger partial charge in [0.1, 0.15) is 5.75 Å². The van der Waals surface area contributed by atoms with E-state index in [0.29, 0.717) is 5.75 Å². The van der Waals surface area contributed by atoms with Crippen molar-refractivity contribution in [2.75, 3.05) is 16.4 Å². The van der Waals surface area contributed by atoms with Gasteiger partial charge in [-0.1, -0.05) is 12.1 Å². The topological polar surface area (TPSA) is 61.4 Å². The zero-order valence-corrected chi connectivity index (χ0v) is 12.4. The third kappa shape index (κ3) is 3.13. The number of phenols is 1. The molecule has 0 saturated carbocycles. The highest BCUT2D eigenvalue weighted by Crippen LogP contribution is 2.34. The van der Waals surface area contributed by atoms with Gasteiger partial charge in [-0.2, -0.15) is 0 Å². The maximum atomic E-state index is 11.4. The van der Waals surface area contributed by atoms with Crippen LogP contribution in [0.3, 0.4) is 0 Å². The molecule has 4 nitrogen and oxygen atoms in total. The molecule has 108 valence electrons. The molecule has 1 aliphatic rings. The number of rotatable bonds is 3. The number of fused-ring (bicyclic) bond motifs is 1. The lowest BCUT2D eigenvalue weighted by molar-refractivity contribution is -0.113. The molecule has 2 aromatic carbocycles. The zero-order chi connectivity index (χ0) is 14.8. The van der Waals surface area contributed by atoms with Crippen LogP contribution in [0.4, 0.5) is 11.4 Å². The molecule has 3 rings (SSSR count). The van der Waals surface area contributed by atoms with Crippen LogP contribution in [0.1, 0.15) is 18.5 Å². The first-order valence-corrected chi connectivity index (χ1v) is 7.72. The fraction of sp³-hybridized carbons (Fsp3) is 0.188. The van der Waals surface area contributed by atoms with Crippen LogP contribution in [0, 0.1) is 0 Å². The number of hydrogen-bond acceptors (Lipinski definition) is 4. The summed E-state index contributed by atoms with van der Waals surface area (Å²) in [7, 11) is 0. The fourth-order valence-electron chi connectivity index (χ4n) is 2.27. The summed E-state index contributed by atoms with van der Waals surface area (Å²) in [5.41, 5.74) is 2.90. The smallest absolute Gasteiger partial charge is 0.234 e. The molecule has 3 N–H and O–H groups in total. The molecule has 1 atom stereocenters. The number of hydrogen-bond donors (Lipinski definition) is 3. The summed E-state index contributed by atoms with van der Waals surface area (Å²) in [5, 5.41) is 15.6. The number of aromatic hydroxyl groups is 1. The highest BCUT2D eigenvalue weighted by Gasteiger charge is 2.16. The van der Waals surface area contributed by atoms with E-state index in [4.69, 9.17) is 0 Å². The summed E-state index contributed by atoms with van der Waals surface area (Å²) >= 11 is 1.55. The van der Waals surface area contributed by atoms with E-state index in [1.54, 1.807) is 23.9 Å². The van der Waals surface area contributed by atoms with Crippen LogP contribution in [0.25, 0.3) is 0 Å². The first-order valence-electron chi connectivity index (χ1n) is 6.74. The monoisotopic (exact) mass is 300 g/mol. The van der Waals surface area contributed by atoms with Crippen molar-refractivity contribution in [2.45, 2.75) is 17.9 Å². The molecule has 1 aliphatic heterocycles. The number of anilines is 2. The van der Waals surface area contributed by atoms with Crippen molar-refractivity contribution in [3.63, 3.8) is 0 Å². The normalized spacial score (nSPS) is 15.0. The van der Waals surface area contributed by atoms with Crippen LogP contribution in [0.15, 0.2) is 47.4 Å². The molecular formula is C16H16N2O2S. The summed E-state index contributed by atoms with van der Waals surface area (Å²) in [6, 6.07) is 13.2. The van der Waals surface area contributed by atoms with Gasteiger partial charge in [-0.15, -0.1) is 11.8 Å². The van der Waals surface area contributed by atoms with Gasteiger partial charge in [0, 0.05) is 16.6 Å². The first kappa shape index (κ1) is 13.8. The molecule has 1 amide bonds. The van der Waals surface area contributed by atoms with E-state index in [0.717, 1.165) is 21.8 Å². The molecule has 0 saturated heterocycles. The van der Waals surface area contributed by atoms with E-state index < -0.39 is 0 Å². The minimum atomic E-state index is 0.0382. The molecule has 0 aliphatic carbocycles. The number of carbonyl (C=O) groups is 1. The van der Waals surface area contributed by atoms with Gasteiger partial charge in [0.15, 0.2) is 0 Å². The molecule has 21 heavy (non-hydrogen) atoms. The first-order chi connectivity index (χ1) is 10.1. The molecular weight excluding hydrogens is 284 g/mol. The van der Waals surface area contributed by atoms with Crippen molar-refractivity contribution in [3.05, 3.63) is 48.0 Å². The van der Waals surface area contributed by atoms with Crippen molar-refractivity contribution >= 4 is 29.0 Å². The number of amides is 1. The lowest BCUT2D eigenvalue weighted by Gasteiger charge is -2.20. The third-order valence-electron chi connectivity index (χ3n) is 3.39. The van der Waals surface area contributed by atoms with Gasteiger partial charge in [0.2, 0.25) is 5.91 Å². The maximum absolute atomic E-state index is 11.4. The maximum Gasteiger partial charge on any atom is 0.234 e. The standard InChI is InChI=1S/C16H16N2O2S/c1-10(11-2-5-13(19)6-3-11)17-12-4-7-15-14(8-12)18-16(20)9-21-15/h2-8,10,17,19H,9H2,1H3,(H,18,20). The summed E-state index contributed by atoms with van der Waals surface area (Å²) in [6.45, 7) is 2.05. The Morgan fingerprint density at radius 1 is 1.24 bits per heavy atom. The van der Waals surface area contributed by atoms with Gasteiger partial charge in [-0.25, -0.2) is 0 Å². The van der Waals surface area contributed by atoms with Gasteiger partial charge >= 0.3 is 0 Å². The Balaban J connectivity index is 1.77. The summed E-state index contributed by atoms with van der Waals surface area (Å²) < 4.78 is 0. The van der Waals surface area contributed by atoms with Crippen LogP contribution in [-0.2, 0) is 4.79 Å². The second kappa shape index (κ2) is 5.69. The predicted molar refractivity (Wildman–Crippen MR) is 85.9 cm³/mol. The third-order valence-corrected chi connectivity index (χ3v) is 4.46. The SMILES string of the molecule is CC(Nc1ccc2c(c1)NC(=O)CS2)c1ccc(O)cc1. The van der Waals surface area contributed by atoms with Crippen molar-refractivity contribution in [2.24, 2.45) is 0 Å². The second-order valence-electron chi connectivity index (χ2n) is 5.01. The van der Waals surface area contributed by atoms with Gasteiger partial charge in [-0.05, 0) is 42.8 Å². The Hall–Kier alpha value is -2.14. The van der Waals surface area contributed by atoms with Crippen molar-refractivity contribution < 1.29 is 9.90 Å². The van der Waals surface area contributed by atoms with Gasteiger partial charge in [-0.3, -0.25) is 4.79 Å².